The topological polar surface area (TPSA) is 77.1 Å². The molecule has 0 saturated carbocycles. The molecule has 2 aromatic rings. The van der Waals surface area contributed by atoms with E-state index in [9.17, 15) is 14.0 Å². The number of nitrogens with one attached hydrogen (secondary N) is 1. The Bertz CT molecular complexity index is 915. The van der Waals surface area contributed by atoms with Crippen molar-refractivity contribution in [1.82, 2.24) is 10.2 Å². The summed E-state index contributed by atoms with van der Waals surface area (Å²) in [6.45, 7) is 0.0392. The molecule has 0 atom stereocenters. The number of carbonyl (C=O) groups is 2. The van der Waals surface area contributed by atoms with Crippen LogP contribution in [0.1, 0.15) is 11.1 Å². The molecule has 1 aliphatic rings. The van der Waals surface area contributed by atoms with Crippen LogP contribution < -0.4 is 19.5 Å². The Morgan fingerprint density at radius 1 is 1.00 bits per heavy atom. The number of halogens is 1. The quantitative estimate of drug-likeness (QED) is 0.610. The number of nitrogens with zero attached hydrogens (tertiary/aromatic N) is 1. The summed E-state index contributed by atoms with van der Waals surface area (Å²) in [4.78, 5) is 25.9. The van der Waals surface area contributed by atoms with Gasteiger partial charge in [-0.1, -0.05) is 12.1 Å². The van der Waals surface area contributed by atoms with Crippen LogP contribution in [0.25, 0.3) is 6.08 Å². The van der Waals surface area contributed by atoms with Gasteiger partial charge in [-0.05, 0) is 41.5 Å². The molecule has 1 fully saturated rings. The average Bonchev–Trinajstić information content (AvgIpc) is 2.96. The van der Waals surface area contributed by atoms with Crippen molar-refractivity contribution in [1.29, 1.82) is 0 Å². The normalized spacial score (nSPS) is 15.0. The molecule has 7 nitrogen and oxygen atoms in total. The second kappa shape index (κ2) is 7.99. The summed E-state index contributed by atoms with van der Waals surface area (Å²) in [5, 5.41) is 2.55. The van der Waals surface area contributed by atoms with Gasteiger partial charge in [0.15, 0.2) is 11.5 Å². The molecule has 146 valence electrons. The van der Waals surface area contributed by atoms with Gasteiger partial charge >= 0.3 is 6.03 Å². The van der Waals surface area contributed by atoms with E-state index in [0.717, 1.165) is 4.90 Å². The van der Waals surface area contributed by atoms with Crippen LogP contribution in [0.4, 0.5) is 9.18 Å². The highest BCUT2D eigenvalue weighted by Gasteiger charge is 2.33. The van der Waals surface area contributed by atoms with Gasteiger partial charge in [0, 0.05) is 0 Å². The molecule has 8 heteroatoms. The van der Waals surface area contributed by atoms with E-state index in [2.05, 4.69) is 5.32 Å². The molecule has 2 aromatic carbocycles. The van der Waals surface area contributed by atoms with Crippen molar-refractivity contribution >= 4 is 18.0 Å². The Hall–Kier alpha value is -3.55. The lowest BCUT2D eigenvalue weighted by Crippen LogP contribution is -2.30. The minimum absolute atomic E-state index is 0.0392. The maximum Gasteiger partial charge on any atom is 0.329 e. The van der Waals surface area contributed by atoms with Crippen LogP contribution in [0.15, 0.2) is 42.1 Å². The van der Waals surface area contributed by atoms with Crippen LogP contribution in [0.5, 0.6) is 17.2 Å². The van der Waals surface area contributed by atoms with Gasteiger partial charge < -0.3 is 19.5 Å². The monoisotopic (exact) mass is 386 g/mol. The predicted molar refractivity (Wildman–Crippen MR) is 99.6 cm³/mol. The van der Waals surface area contributed by atoms with Crippen LogP contribution in [-0.2, 0) is 11.3 Å². The lowest BCUT2D eigenvalue weighted by atomic mass is 10.1. The van der Waals surface area contributed by atoms with E-state index in [-0.39, 0.29) is 18.1 Å². The molecule has 0 unspecified atom stereocenters. The molecule has 0 aromatic heterocycles. The fraction of sp³-hybridized carbons (Fsp3) is 0.200. The summed E-state index contributed by atoms with van der Waals surface area (Å²) >= 11 is 0. The summed E-state index contributed by atoms with van der Waals surface area (Å²) < 4.78 is 28.9. The molecule has 3 rings (SSSR count). The van der Waals surface area contributed by atoms with Gasteiger partial charge in [-0.2, -0.15) is 0 Å². The van der Waals surface area contributed by atoms with E-state index in [1.165, 1.54) is 51.7 Å². The number of hydrogen-bond donors (Lipinski definition) is 1. The Morgan fingerprint density at radius 3 is 2.14 bits per heavy atom. The smallest absolute Gasteiger partial charge is 0.329 e. The lowest BCUT2D eigenvalue weighted by Gasteiger charge is -2.13. The van der Waals surface area contributed by atoms with E-state index in [1.54, 1.807) is 12.1 Å². The number of carbonyl (C=O) groups excluding carboxylic acids is 2. The highest BCUT2D eigenvalue weighted by Crippen LogP contribution is 2.38. The Kier molecular flexibility index (Phi) is 5.49. The molecule has 3 amide bonds. The van der Waals surface area contributed by atoms with Gasteiger partial charge in [0.05, 0.1) is 27.9 Å². The second-order valence-electron chi connectivity index (χ2n) is 5.96. The number of hydrogen-bond acceptors (Lipinski definition) is 5. The average molecular weight is 386 g/mol. The SMILES string of the molecule is COc1cc(/C=C2\NC(=O)N(Cc3ccc(F)cc3)C2=O)cc(OC)c1OC. The minimum Gasteiger partial charge on any atom is -0.493 e. The molecular weight excluding hydrogens is 367 g/mol. The predicted octanol–water partition coefficient (Wildman–Crippen LogP) is 2.94. The van der Waals surface area contributed by atoms with Crippen molar-refractivity contribution in [3.8, 4) is 17.2 Å². The number of imide groups is 1. The van der Waals surface area contributed by atoms with E-state index < -0.39 is 11.9 Å². The third-order valence-corrected chi connectivity index (χ3v) is 4.21. The third-order valence-electron chi connectivity index (χ3n) is 4.21. The molecular formula is C20H19FN2O5. The lowest BCUT2D eigenvalue weighted by molar-refractivity contribution is -0.123. The molecule has 0 radical (unpaired) electrons. The molecule has 1 N–H and O–H groups in total. The first-order valence-electron chi connectivity index (χ1n) is 8.35. The molecule has 0 spiro atoms. The zero-order valence-electron chi connectivity index (χ0n) is 15.6. The van der Waals surface area contributed by atoms with Crippen LogP contribution in [0.2, 0.25) is 0 Å². The fourth-order valence-corrected chi connectivity index (χ4v) is 2.84. The zero-order chi connectivity index (χ0) is 20.3. The van der Waals surface area contributed by atoms with Crippen LogP contribution in [-0.4, -0.2) is 38.2 Å². The minimum atomic E-state index is -0.548. The maximum atomic E-state index is 13.0. The van der Waals surface area contributed by atoms with E-state index in [4.69, 9.17) is 14.2 Å². The highest BCUT2D eigenvalue weighted by molar-refractivity contribution is 6.13. The first-order chi connectivity index (χ1) is 13.5. The van der Waals surface area contributed by atoms with Crippen LogP contribution >= 0.6 is 0 Å². The van der Waals surface area contributed by atoms with Crippen molar-refractivity contribution in [3.63, 3.8) is 0 Å². The summed E-state index contributed by atoms with van der Waals surface area (Å²) in [7, 11) is 4.47. The number of benzene rings is 2. The number of methoxy groups -OCH3 is 3. The van der Waals surface area contributed by atoms with Gasteiger partial charge in [0.2, 0.25) is 5.75 Å². The molecule has 0 bridgehead atoms. The molecule has 1 heterocycles. The first-order valence-corrected chi connectivity index (χ1v) is 8.35. The van der Waals surface area contributed by atoms with E-state index in [1.807, 2.05) is 0 Å². The number of amides is 3. The third kappa shape index (κ3) is 3.75. The van der Waals surface area contributed by atoms with Crippen molar-refractivity contribution < 1.29 is 28.2 Å². The van der Waals surface area contributed by atoms with E-state index >= 15 is 0 Å². The zero-order valence-corrected chi connectivity index (χ0v) is 15.6. The van der Waals surface area contributed by atoms with Gasteiger partial charge in [0.1, 0.15) is 11.5 Å². The highest BCUT2D eigenvalue weighted by atomic mass is 19.1. The largest absolute Gasteiger partial charge is 0.493 e. The molecule has 0 aliphatic carbocycles. The summed E-state index contributed by atoms with van der Waals surface area (Å²) in [6, 6.07) is 8.38. The van der Waals surface area contributed by atoms with E-state index in [0.29, 0.717) is 28.4 Å². The number of rotatable bonds is 6. The second-order valence-corrected chi connectivity index (χ2v) is 5.96. The van der Waals surface area contributed by atoms with Crippen molar-refractivity contribution in [2.75, 3.05) is 21.3 Å². The maximum absolute atomic E-state index is 13.0. The Balaban J connectivity index is 1.88. The van der Waals surface area contributed by atoms with Crippen LogP contribution in [0, 0.1) is 5.82 Å². The van der Waals surface area contributed by atoms with Crippen molar-refractivity contribution in [2.45, 2.75) is 6.54 Å². The summed E-state index contributed by atoms with van der Waals surface area (Å²) in [5.41, 5.74) is 1.34. The molecule has 1 aliphatic heterocycles. The Labute approximate surface area is 161 Å². The number of urea groups is 1. The van der Waals surface area contributed by atoms with Gasteiger partial charge in [0.25, 0.3) is 5.91 Å². The van der Waals surface area contributed by atoms with Gasteiger partial charge in [-0.3, -0.25) is 9.69 Å². The molecule has 28 heavy (non-hydrogen) atoms. The van der Waals surface area contributed by atoms with Gasteiger partial charge in [-0.15, -0.1) is 0 Å². The standard InChI is InChI=1S/C20H19FN2O5/c1-26-16-9-13(10-17(27-2)18(16)28-3)8-15-19(24)23(20(25)22-15)11-12-4-6-14(21)7-5-12/h4-10H,11H2,1-3H3,(H,22,25)/b15-8-. The Morgan fingerprint density at radius 2 is 1.61 bits per heavy atom. The summed E-state index contributed by atoms with van der Waals surface area (Å²) in [6.07, 6.45) is 1.52. The summed E-state index contributed by atoms with van der Waals surface area (Å²) in [5.74, 6) is 0.404. The van der Waals surface area contributed by atoms with Crippen molar-refractivity contribution in [2.24, 2.45) is 0 Å². The first kappa shape index (κ1) is 19.2. The van der Waals surface area contributed by atoms with Gasteiger partial charge in [-0.25, -0.2) is 9.18 Å². The van der Waals surface area contributed by atoms with Crippen molar-refractivity contribution in [3.05, 3.63) is 59.0 Å². The number of ether oxygens (including phenoxy) is 3. The van der Waals surface area contributed by atoms with Crippen LogP contribution in [0.3, 0.4) is 0 Å². The fourth-order valence-electron chi connectivity index (χ4n) is 2.84. The molecule has 1 saturated heterocycles.